The molecule has 11 heteroatoms. The van der Waals surface area contributed by atoms with Crippen LogP contribution in [0.2, 0.25) is 0 Å². The van der Waals surface area contributed by atoms with E-state index >= 15 is 0 Å². The van der Waals surface area contributed by atoms with Crippen molar-refractivity contribution in [3.63, 3.8) is 0 Å². The van der Waals surface area contributed by atoms with Gasteiger partial charge in [-0.2, -0.15) is 0 Å². The van der Waals surface area contributed by atoms with Crippen LogP contribution in [0.3, 0.4) is 0 Å². The zero-order valence-corrected chi connectivity index (χ0v) is 19.6. The average molecular weight is 480 g/mol. The third-order valence-electron chi connectivity index (χ3n) is 4.70. The van der Waals surface area contributed by atoms with E-state index in [4.69, 9.17) is 28.4 Å². The Bertz CT molecular complexity index is 925. The van der Waals surface area contributed by atoms with Crippen LogP contribution in [0.4, 0.5) is 0 Å². The molecule has 1 aliphatic rings. The lowest BCUT2D eigenvalue weighted by molar-refractivity contribution is -0.288. The number of hydrogen-bond donors (Lipinski definition) is 0. The smallest absolute Gasteiger partial charge is 0.303 e. The van der Waals surface area contributed by atoms with Gasteiger partial charge in [-0.3, -0.25) is 24.0 Å². The lowest BCUT2D eigenvalue weighted by atomic mass is 9.98. The molecule has 1 heterocycles. The van der Waals surface area contributed by atoms with Crippen LogP contribution in [0, 0.1) is 0 Å². The van der Waals surface area contributed by atoms with Gasteiger partial charge in [0.25, 0.3) is 0 Å². The number of rotatable bonds is 9. The Morgan fingerprint density at radius 2 is 1.35 bits per heavy atom. The summed E-state index contributed by atoms with van der Waals surface area (Å²) < 4.78 is 32.9. The molecule has 1 saturated heterocycles. The first-order valence-electron chi connectivity index (χ1n) is 10.6. The minimum Gasteiger partial charge on any atom is -0.463 e. The number of carbonyl (C=O) groups is 5. The Kier molecular flexibility index (Phi) is 9.55. The standard InChI is InChI=1S/C23H28O11/c1-6-17(28)16-9-7-8-10-18(16)33-23-22(32-15(5)27)21(31-14(4)26)20(30-13(3)25)19(34-23)11-29-12(2)24/h7-10,19-23H,6,11H2,1-5H3. The first kappa shape index (κ1) is 26.8. The van der Waals surface area contributed by atoms with Crippen LogP contribution in [0.15, 0.2) is 24.3 Å². The van der Waals surface area contributed by atoms with E-state index in [1.165, 1.54) is 13.0 Å². The van der Waals surface area contributed by atoms with Crippen molar-refractivity contribution in [2.75, 3.05) is 6.61 Å². The van der Waals surface area contributed by atoms with E-state index in [1.807, 2.05) is 0 Å². The molecule has 0 spiro atoms. The summed E-state index contributed by atoms with van der Waals surface area (Å²) in [6.45, 7) is 5.86. The molecule has 1 aromatic rings. The fourth-order valence-electron chi connectivity index (χ4n) is 3.40. The predicted molar refractivity (Wildman–Crippen MR) is 114 cm³/mol. The Morgan fingerprint density at radius 1 is 0.794 bits per heavy atom. The molecule has 5 unspecified atom stereocenters. The fourth-order valence-corrected chi connectivity index (χ4v) is 3.40. The second kappa shape index (κ2) is 12.1. The Morgan fingerprint density at radius 3 is 1.91 bits per heavy atom. The van der Waals surface area contributed by atoms with Gasteiger partial charge >= 0.3 is 23.9 Å². The molecule has 0 bridgehead atoms. The molecule has 0 saturated carbocycles. The van der Waals surface area contributed by atoms with Crippen molar-refractivity contribution in [2.24, 2.45) is 0 Å². The molecule has 5 atom stereocenters. The second-order valence-electron chi connectivity index (χ2n) is 7.46. The molecule has 1 aliphatic heterocycles. The maximum atomic E-state index is 12.4. The monoisotopic (exact) mass is 480 g/mol. The summed E-state index contributed by atoms with van der Waals surface area (Å²) in [4.78, 5) is 59.3. The van der Waals surface area contributed by atoms with Crippen molar-refractivity contribution in [3.05, 3.63) is 29.8 Å². The largest absolute Gasteiger partial charge is 0.463 e. The molecular formula is C23H28O11. The molecule has 0 aliphatic carbocycles. The lowest BCUT2D eigenvalue weighted by Crippen LogP contribution is -2.63. The number of benzene rings is 1. The van der Waals surface area contributed by atoms with Gasteiger partial charge in [0.15, 0.2) is 18.0 Å². The Hall–Kier alpha value is -3.47. The highest BCUT2D eigenvalue weighted by atomic mass is 16.7. The van der Waals surface area contributed by atoms with Crippen LogP contribution >= 0.6 is 0 Å². The van der Waals surface area contributed by atoms with Gasteiger partial charge in [0.05, 0.1) is 5.56 Å². The van der Waals surface area contributed by atoms with Crippen molar-refractivity contribution < 1.29 is 52.4 Å². The highest BCUT2D eigenvalue weighted by Gasteiger charge is 2.53. The molecule has 0 radical (unpaired) electrons. The van der Waals surface area contributed by atoms with Crippen LogP contribution in [0.1, 0.15) is 51.4 Å². The highest BCUT2D eigenvalue weighted by Crippen LogP contribution is 2.32. The van der Waals surface area contributed by atoms with E-state index in [1.54, 1.807) is 25.1 Å². The molecule has 186 valence electrons. The third kappa shape index (κ3) is 7.27. The van der Waals surface area contributed by atoms with Gasteiger partial charge in [0, 0.05) is 34.1 Å². The number of ketones is 1. The predicted octanol–water partition coefficient (Wildman–Crippen LogP) is 1.74. The minimum absolute atomic E-state index is 0.134. The van der Waals surface area contributed by atoms with Crippen LogP contribution < -0.4 is 4.74 Å². The van der Waals surface area contributed by atoms with E-state index in [9.17, 15) is 24.0 Å². The molecule has 11 nitrogen and oxygen atoms in total. The maximum absolute atomic E-state index is 12.4. The average Bonchev–Trinajstić information content (AvgIpc) is 2.75. The summed E-state index contributed by atoms with van der Waals surface area (Å²) in [5.74, 6) is -2.95. The van der Waals surface area contributed by atoms with E-state index < -0.39 is 54.6 Å². The summed E-state index contributed by atoms with van der Waals surface area (Å²) >= 11 is 0. The zero-order valence-electron chi connectivity index (χ0n) is 19.6. The summed E-state index contributed by atoms with van der Waals surface area (Å²) in [6.07, 6.45) is -6.39. The normalized spacial score (nSPS) is 23.9. The van der Waals surface area contributed by atoms with Crippen molar-refractivity contribution in [2.45, 2.75) is 71.7 Å². The highest BCUT2D eigenvalue weighted by molar-refractivity contribution is 5.98. The van der Waals surface area contributed by atoms with Crippen molar-refractivity contribution in [3.8, 4) is 5.75 Å². The second-order valence-corrected chi connectivity index (χ2v) is 7.46. The first-order chi connectivity index (χ1) is 16.0. The molecule has 1 fully saturated rings. The molecular weight excluding hydrogens is 452 g/mol. The Balaban J connectivity index is 2.52. The summed E-state index contributed by atoms with van der Waals surface area (Å²) in [6, 6.07) is 6.37. The zero-order chi connectivity index (χ0) is 25.4. The number of ether oxygens (including phenoxy) is 6. The van der Waals surface area contributed by atoms with Gasteiger partial charge in [-0.25, -0.2) is 0 Å². The number of hydrogen-bond acceptors (Lipinski definition) is 11. The number of carbonyl (C=O) groups excluding carboxylic acids is 5. The molecule has 34 heavy (non-hydrogen) atoms. The van der Waals surface area contributed by atoms with Gasteiger partial charge in [-0.1, -0.05) is 19.1 Å². The minimum atomic E-state index is -1.41. The Labute approximate surface area is 196 Å². The number of para-hydroxylation sites is 1. The van der Waals surface area contributed by atoms with Crippen molar-refractivity contribution in [1.29, 1.82) is 0 Å². The molecule has 0 N–H and O–H groups in total. The van der Waals surface area contributed by atoms with Crippen LogP contribution in [0.25, 0.3) is 0 Å². The maximum Gasteiger partial charge on any atom is 0.303 e. The molecule has 0 aromatic heterocycles. The van der Waals surface area contributed by atoms with E-state index in [2.05, 4.69) is 0 Å². The van der Waals surface area contributed by atoms with E-state index in [0.29, 0.717) is 0 Å². The quantitative estimate of drug-likeness (QED) is 0.290. The summed E-state index contributed by atoms with van der Waals surface area (Å²) in [7, 11) is 0. The lowest BCUT2D eigenvalue weighted by Gasteiger charge is -2.44. The first-order valence-corrected chi connectivity index (χ1v) is 10.6. The van der Waals surface area contributed by atoms with Gasteiger partial charge in [-0.15, -0.1) is 0 Å². The summed E-state index contributed by atoms with van der Waals surface area (Å²) in [5, 5.41) is 0. The van der Waals surface area contributed by atoms with Crippen molar-refractivity contribution >= 4 is 29.7 Å². The molecule has 2 rings (SSSR count). The van der Waals surface area contributed by atoms with Crippen molar-refractivity contribution in [1.82, 2.24) is 0 Å². The third-order valence-corrected chi connectivity index (χ3v) is 4.70. The molecule has 0 amide bonds. The number of esters is 4. The fraction of sp³-hybridized carbons (Fsp3) is 0.522. The SMILES string of the molecule is CCC(=O)c1ccccc1OC1OC(COC(C)=O)C(OC(C)=O)C(OC(C)=O)C1OC(C)=O. The van der Waals surface area contributed by atoms with Gasteiger partial charge in [-0.05, 0) is 12.1 Å². The van der Waals surface area contributed by atoms with Gasteiger partial charge in [0.1, 0.15) is 18.5 Å². The van der Waals surface area contributed by atoms with Gasteiger partial charge < -0.3 is 28.4 Å². The topological polar surface area (TPSA) is 141 Å². The van der Waals surface area contributed by atoms with E-state index in [-0.39, 0.29) is 30.1 Å². The van der Waals surface area contributed by atoms with Crippen LogP contribution in [0.5, 0.6) is 5.75 Å². The molecule has 1 aromatic carbocycles. The van der Waals surface area contributed by atoms with Crippen LogP contribution in [-0.4, -0.2) is 67.0 Å². The number of Topliss-reactive ketones (excluding diaryl/α,β-unsaturated/α-hetero) is 1. The summed E-state index contributed by atoms with van der Waals surface area (Å²) in [5.41, 5.74) is 0.262. The van der Waals surface area contributed by atoms with Gasteiger partial charge in [0.2, 0.25) is 12.4 Å². The van der Waals surface area contributed by atoms with Crippen LogP contribution in [-0.2, 0) is 42.9 Å². The van der Waals surface area contributed by atoms with E-state index in [0.717, 1.165) is 20.8 Å².